The number of fused-ring (bicyclic) bond motifs is 1. The van der Waals surface area contributed by atoms with Crippen molar-refractivity contribution in [1.29, 1.82) is 0 Å². The van der Waals surface area contributed by atoms with Gasteiger partial charge in [0.1, 0.15) is 0 Å². The number of aromatic amines is 1. The quantitative estimate of drug-likeness (QED) is 0.692. The van der Waals surface area contributed by atoms with Crippen LogP contribution in [0.5, 0.6) is 0 Å². The molecule has 3 rings (SSSR count). The van der Waals surface area contributed by atoms with Gasteiger partial charge in [-0.05, 0) is 18.9 Å². The maximum Gasteiger partial charge on any atom is 0.0996 e. The summed E-state index contributed by atoms with van der Waals surface area (Å²) in [5.74, 6) is 1.33. The lowest BCUT2D eigenvalue weighted by molar-refractivity contribution is 0.0575. The molecule has 3 N–H and O–H groups in total. The molecule has 0 radical (unpaired) electrons. The first-order chi connectivity index (χ1) is 6.40. The Morgan fingerprint density at radius 1 is 1.69 bits per heavy atom. The topological polar surface area (TPSA) is 63.9 Å². The van der Waals surface area contributed by atoms with E-state index in [4.69, 9.17) is 10.5 Å². The standard InChI is InChI=1S/C9H13N3O/c10-2-6-5-1-8(13-9(5)6)7-3-11-4-12-7/h3-6,8-9H,1-2,10H2,(H,11,12)/t5-,6-,8-,9-/m1/s1. The number of hydrogen-bond donors (Lipinski definition) is 2. The predicted molar refractivity (Wildman–Crippen MR) is 46.9 cm³/mol. The van der Waals surface area contributed by atoms with E-state index >= 15 is 0 Å². The van der Waals surface area contributed by atoms with E-state index in [1.54, 1.807) is 6.33 Å². The molecule has 0 bridgehead atoms. The van der Waals surface area contributed by atoms with Crippen LogP contribution in [0.25, 0.3) is 0 Å². The second-order valence-corrected chi connectivity index (χ2v) is 3.90. The maximum atomic E-state index is 5.83. The predicted octanol–water partition coefficient (Wildman–Crippen LogP) is 0.444. The zero-order valence-corrected chi connectivity index (χ0v) is 7.31. The van der Waals surface area contributed by atoms with Crippen molar-refractivity contribution in [3.63, 3.8) is 0 Å². The summed E-state index contributed by atoms with van der Waals surface area (Å²) in [5, 5.41) is 0. The molecule has 0 unspecified atom stereocenters. The molecule has 0 amide bonds. The molecular weight excluding hydrogens is 166 g/mol. The Morgan fingerprint density at radius 2 is 2.62 bits per heavy atom. The third kappa shape index (κ3) is 1.02. The summed E-state index contributed by atoms with van der Waals surface area (Å²) in [4.78, 5) is 7.07. The van der Waals surface area contributed by atoms with Gasteiger partial charge < -0.3 is 15.5 Å². The number of nitrogens with two attached hydrogens (primary N) is 1. The molecule has 0 aromatic carbocycles. The molecule has 2 heterocycles. The molecule has 4 nitrogen and oxygen atoms in total. The Morgan fingerprint density at radius 3 is 3.15 bits per heavy atom. The van der Waals surface area contributed by atoms with Crippen LogP contribution in [-0.4, -0.2) is 22.6 Å². The normalized spacial score (nSPS) is 41.9. The molecular formula is C9H13N3O. The minimum Gasteiger partial charge on any atom is -0.368 e. The number of imidazole rings is 1. The fourth-order valence-electron chi connectivity index (χ4n) is 2.36. The van der Waals surface area contributed by atoms with Gasteiger partial charge in [-0.1, -0.05) is 0 Å². The highest BCUT2D eigenvalue weighted by Crippen LogP contribution is 2.55. The minimum atomic E-state index is 0.236. The Kier molecular flexibility index (Phi) is 1.48. The van der Waals surface area contributed by atoms with Crippen molar-refractivity contribution in [2.24, 2.45) is 17.6 Å². The molecule has 4 atom stereocenters. The highest BCUT2D eigenvalue weighted by molar-refractivity contribution is 5.11. The van der Waals surface area contributed by atoms with Crippen molar-refractivity contribution in [2.45, 2.75) is 18.6 Å². The Bertz CT molecular complexity index is 286. The summed E-state index contributed by atoms with van der Waals surface area (Å²) >= 11 is 0. The number of rotatable bonds is 2. The zero-order chi connectivity index (χ0) is 8.84. The van der Waals surface area contributed by atoms with Gasteiger partial charge in [-0.15, -0.1) is 0 Å². The lowest BCUT2D eigenvalue weighted by atomic mass is 10.1. The number of aromatic nitrogens is 2. The number of hydrogen-bond acceptors (Lipinski definition) is 3. The summed E-state index contributed by atoms with van der Waals surface area (Å²) in [6.07, 6.45) is 5.31. The van der Waals surface area contributed by atoms with E-state index in [1.807, 2.05) is 6.20 Å². The van der Waals surface area contributed by atoms with Gasteiger partial charge in [0.2, 0.25) is 0 Å². The Balaban J connectivity index is 1.68. The molecule has 1 aromatic heterocycles. The van der Waals surface area contributed by atoms with Gasteiger partial charge in [0.25, 0.3) is 0 Å². The van der Waals surface area contributed by atoms with Crippen LogP contribution in [0.1, 0.15) is 18.2 Å². The van der Waals surface area contributed by atoms with E-state index in [0.29, 0.717) is 17.9 Å². The summed E-state index contributed by atoms with van der Waals surface area (Å²) in [5.41, 5.74) is 6.69. The third-order valence-corrected chi connectivity index (χ3v) is 3.20. The molecule has 1 aliphatic heterocycles. The molecule has 4 heteroatoms. The number of nitrogens with zero attached hydrogens (tertiary/aromatic N) is 1. The SMILES string of the molecule is NC[C@@H]1[C@H]2C[C@H](c3cnc[nH]3)O[C@@H]12. The van der Waals surface area contributed by atoms with Gasteiger partial charge in [-0.25, -0.2) is 4.98 Å². The minimum absolute atomic E-state index is 0.236. The van der Waals surface area contributed by atoms with Gasteiger partial charge in [-0.3, -0.25) is 0 Å². The summed E-state index contributed by atoms with van der Waals surface area (Å²) < 4.78 is 5.83. The third-order valence-electron chi connectivity index (χ3n) is 3.20. The van der Waals surface area contributed by atoms with E-state index in [-0.39, 0.29) is 6.10 Å². The van der Waals surface area contributed by atoms with Crippen LogP contribution in [0, 0.1) is 11.8 Å². The van der Waals surface area contributed by atoms with Crippen molar-refractivity contribution in [1.82, 2.24) is 9.97 Å². The van der Waals surface area contributed by atoms with Crippen LogP contribution in [-0.2, 0) is 4.74 Å². The molecule has 1 saturated heterocycles. The average molecular weight is 179 g/mol. The van der Waals surface area contributed by atoms with Crippen molar-refractivity contribution in [2.75, 3.05) is 6.54 Å². The fraction of sp³-hybridized carbons (Fsp3) is 0.667. The van der Waals surface area contributed by atoms with Gasteiger partial charge >= 0.3 is 0 Å². The maximum absolute atomic E-state index is 5.83. The fourth-order valence-corrected chi connectivity index (χ4v) is 2.36. The van der Waals surface area contributed by atoms with Gasteiger partial charge in [-0.2, -0.15) is 0 Å². The van der Waals surface area contributed by atoms with Gasteiger partial charge in [0.05, 0.1) is 30.4 Å². The van der Waals surface area contributed by atoms with Gasteiger partial charge in [0, 0.05) is 5.92 Å². The molecule has 2 aliphatic rings. The lowest BCUT2D eigenvalue weighted by Gasteiger charge is -2.11. The van der Waals surface area contributed by atoms with Crippen LogP contribution in [0.15, 0.2) is 12.5 Å². The van der Waals surface area contributed by atoms with Crippen molar-refractivity contribution in [3.8, 4) is 0 Å². The van der Waals surface area contributed by atoms with Crippen LogP contribution >= 0.6 is 0 Å². The van der Waals surface area contributed by atoms with Crippen molar-refractivity contribution >= 4 is 0 Å². The first-order valence-corrected chi connectivity index (χ1v) is 4.74. The molecule has 0 spiro atoms. The van der Waals surface area contributed by atoms with Crippen LogP contribution in [0.2, 0.25) is 0 Å². The Labute approximate surface area is 76.5 Å². The Hall–Kier alpha value is -0.870. The van der Waals surface area contributed by atoms with E-state index in [0.717, 1.165) is 18.7 Å². The lowest BCUT2D eigenvalue weighted by Crippen LogP contribution is -2.11. The molecule has 13 heavy (non-hydrogen) atoms. The summed E-state index contributed by atoms with van der Waals surface area (Å²) in [6.45, 7) is 0.769. The smallest absolute Gasteiger partial charge is 0.0996 e. The molecule has 1 saturated carbocycles. The number of nitrogens with one attached hydrogen (secondary N) is 1. The monoisotopic (exact) mass is 179 g/mol. The molecule has 2 fully saturated rings. The van der Waals surface area contributed by atoms with E-state index < -0.39 is 0 Å². The van der Waals surface area contributed by atoms with E-state index in [2.05, 4.69) is 9.97 Å². The zero-order valence-electron chi connectivity index (χ0n) is 7.31. The van der Waals surface area contributed by atoms with Gasteiger partial charge in [0.15, 0.2) is 0 Å². The first-order valence-electron chi connectivity index (χ1n) is 4.74. The summed E-state index contributed by atoms with van der Waals surface area (Å²) in [6, 6.07) is 0. The second-order valence-electron chi connectivity index (χ2n) is 3.90. The van der Waals surface area contributed by atoms with Crippen molar-refractivity contribution in [3.05, 3.63) is 18.2 Å². The highest BCUT2D eigenvalue weighted by atomic mass is 16.5. The van der Waals surface area contributed by atoms with Crippen LogP contribution in [0.4, 0.5) is 0 Å². The van der Waals surface area contributed by atoms with E-state index in [9.17, 15) is 0 Å². The summed E-state index contributed by atoms with van der Waals surface area (Å²) in [7, 11) is 0. The molecule has 70 valence electrons. The van der Waals surface area contributed by atoms with E-state index in [1.165, 1.54) is 0 Å². The number of H-pyrrole nitrogens is 1. The first kappa shape index (κ1) is 7.53. The van der Waals surface area contributed by atoms with Crippen LogP contribution < -0.4 is 5.73 Å². The number of ether oxygens (including phenoxy) is 1. The highest BCUT2D eigenvalue weighted by Gasteiger charge is 2.57. The second kappa shape index (κ2) is 2.56. The van der Waals surface area contributed by atoms with Crippen molar-refractivity contribution < 1.29 is 4.74 Å². The van der Waals surface area contributed by atoms with Crippen LogP contribution in [0.3, 0.4) is 0 Å². The largest absolute Gasteiger partial charge is 0.368 e. The average Bonchev–Trinajstić information content (AvgIpc) is 2.68. The molecule has 1 aliphatic carbocycles. The molecule has 1 aromatic rings.